The van der Waals surface area contributed by atoms with Crippen LogP contribution in [0.4, 0.5) is 0 Å². The van der Waals surface area contributed by atoms with Crippen LogP contribution in [0, 0.1) is 0 Å². The van der Waals surface area contributed by atoms with Crippen LogP contribution in [-0.4, -0.2) is 17.1 Å². The van der Waals surface area contributed by atoms with Crippen LogP contribution in [0.1, 0.15) is 0 Å². The summed E-state index contributed by atoms with van der Waals surface area (Å²) in [5, 5.41) is 2.53. The molecule has 1 aromatic heterocycles. The summed E-state index contributed by atoms with van der Waals surface area (Å²) in [5.41, 5.74) is 2.40. The van der Waals surface area contributed by atoms with E-state index in [1.807, 2.05) is 0 Å². The average molecular weight is 260 g/mol. The van der Waals surface area contributed by atoms with Gasteiger partial charge in [0.05, 0.1) is 17.6 Å². The topological polar surface area (TPSA) is 14.2 Å². The Labute approximate surface area is 111 Å². The van der Waals surface area contributed by atoms with E-state index < -0.39 is 0 Å². The third-order valence-electron chi connectivity index (χ3n) is 3.12. The lowest BCUT2D eigenvalue weighted by Crippen LogP contribution is -2.03. The minimum Gasteiger partial charge on any atom is -0.360 e. The predicted molar refractivity (Wildman–Crippen MR) is 76.1 cm³/mol. The maximum Gasteiger partial charge on any atom is 0.123 e. The predicted octanol–water partition coefficient (Wildman–Crippen LogP) is 4.01. The third kappa shape index (κ3) is 1.88. The van der Waals surface area contributed by atoms with Crippen molar-refractivity contribution < 1.29 is 4.74 Å². The number of para-hydroxylation sites is 2. The molecule has 0 aliphatic rings. The van der Waals surface area contributed by atoms with Gasteiger partial charge in [0.2, 0.25) is 0 Å². The smallest absolute Gasteiger partial charge is 0.123 e. The molecule has 0 amide bonds. The average Bonchev–Trinajstić information content (AvgIpc) is 2.74. The molecule has 0 saturated carbocycles. The first-order valence-electron chi connectivity index (χ1n) is 6.01. The van der Waals surface area contributed by atoms with Crippen LogP contribution in [-0.2, 0) is 11.5 Å². The summed E-state index contributed by atoms with van der Waals surface area (Å²) in [5.74, 6) is 0.525. The number of hydrogen-bond donors (Lipinski definition) is 0. The summed E-state index contributed by atoms with van der Waals surface area (Å²) in [6.07, 6.45) is 0. The number of rotatable bonds is 4. The molecule has 0 N–H and O–H groups in total. The highest BCUT2D eigenvalue weighted by molar-refractivity contribution is 6.18. The molecule has 1 heterocycles. The Morgan fingerprint density at radius 3 is 2.00 bits per heavy atom. The van der Waals surface area contributed by atoms with Gasteiger partial charge in [-0.05, 0) is 12.1 Å². The summed E-state index contributed by atoms with van der Waals surface area (Å²) < 4.78 is 7.77. The first-order valence-corrected chi connectivity index (χ1v) is 6.55. The van der Waals surface area contributed by atoms with Crippen LogP contribution < -0.4 is 0 Å². The monoisotopic (exact) mass is 259 g/mol. The van der Waals surface area contributed by atoms with Crippen LogP contribution in [0.2, 0.25) is 0 Å². The number of benzene rings is 2. The van der Waals surface area contributed by atoms with Gasteiger partial charge in [0.25, 0.3) is 0 Å². The van der Waals surface area contributed by atoms with Crippen LogP contribution in [0.15, 0.2) is 48.5 Å². The van der Waals surface area contributed by atoms with E-state index in [9.17, 15) is 0 Å². The summed E-state index contributed by atoms with van der Waals surface area (Å²) in [6.45, 7) is 1.11. The van der Waals surface area contributed by atoms with Crippen LogP contribution >= 0.6 is 11.6 Å². The third-order valence-corrected chi connectivity index (χ3v) is 3.28. The van der Waals surface area contributed by atoms with Crippen LogP contribution in [0.25, 0.3) is 21.8 Å². The maximum absolute atomic E-state index is 5.64. The number of nitrogens with zero attached hydrogens (tertiary/aromatic N) is 1. The molecule has 92 valence electrons. The minimum absolute atomic E-state index is 0.525. The second-order valence-corrected chi connectivity index (χ2v) is 4.57. The number of aromatic nitrogens is 1. The molecule has 0 fully saturated rings. The molecule has 0 aliphatic carbocycles. The molecule has 0 saturated heterocycles. The van der Waals surface area contributed by atoms with E-state index in [2.05, 4.69) is 53.1 Å². The molecule has 2 aromatic carbocycles. The molecule has 18 heavy (non-hydrogen) atoms. The first-order chi connectivity index (χ1) is 8.92. The lowest BCUT2D eigenvalue weighted by molar-refractivity contribution is 0.0951. The lowest BCUT2D eigenvalue weighted by Gasteiger charge is -2.07. The number of fused-ring (bicyclic) bond motifs is 3. The van der Waals surface area contributed by atoms with Crippen molar-refractivity contribution in [1.82, 2.24) is 4.57 Å². The van der Waals surface area contributed by atoms with E-state index in [0.717, 1.165) is 0 Å². The van der Waals surface area contributed by atoms with Gasteiger partial charge in [-0.1, -0.05) is 36.4 Å². The zero-order valence-corrected chi connectivity index (χ0v) is 10.7. The van der Waals surface area contributed by atoms with Crippen molar-refractivity contribution >= 4 is 33.4 Å². The number of hydrogen-bond acceptors (Lipinski definition) is 1. The Bertz CT molecular complexity index is 621. The fourth-order valence-electron chi connectivity index (χ4n) is 2.35. The Balaban J connectivity index is 2.18. The lowest BCUT2D eigenvalue weighted by atomic mass is 10.2. The van der Waals surface area contributed by atoms with Crippen molar-refractivity contribution in [1.29, 1.82) is 0 Å². The Morgan fingerprint density at radius 1 is 0.889 bits per heavy atom. The van der Waals surface area contributed by atoms with Gasteiger partial charge >= 0.3 is 0 Å². The van der Waals surface area contributed by atoms with Gasteiger partial charge < -0.3 is 9.30 Å². The molecule has 0 bridgehead atoms. The van der Waals surface area contributed by atoms with E-state index in [1.54, 1.807) is 0 Å². The number of halogens is 1. The normalized spacial score (nSPS) is 11.4. The second kappa shape index (κ2) is 5.01. The fourth-order valence-corrected chi connectivity index (χ4v) is 2.46. The fraction of sp³-hybridized carbons (Fsp3) is 0.200. The van der Waals surface area contributed by atoms with Crippen LogP contribution in [0.5, 0.6) is 0 Å². The summed E-state index contributed by atoms with van der Waals surface area (Å²) >= 11 is 5.64. The first kappa shape index (κ1) is 11.6. The van der Waals surface area contributed by atoms with E-state index in [-0.39, 0.29) is 0 Å². The largest absolute Gasteiger partial charge is 0.360 e. The van der Waals surface area contributed by atoms with Crippen molar-refractivity contribution in [3.05, 3.63) is 48.5 Å². The number of alkyl halides is 1. The van der Waals surface area contributed by atoms with E-state index in [1.165, 1.54) is 21.8 Å². The van der Waals surface area contributed by atoms with Gasteiger partial charge in [-0.3, -0.25) is 0 Å². The molecule has 0 spiro atoms. The van der Waals surface area contributed by atoms with Gasteiger partial charge in [-0.2, -0.15) is 0 Å². The van der Waals surface area contributed by atoms with Crippen molar-refractivity contribution in [2.75, 3.05) is 12.5 Å². The highest BCUT2D eigenvalue weighted by Gasteiger charge is 2.08. The van der Waals surface area contributed by atoms with Gasteiger partial charge in [0.1, 0.15) is 6.73 Å². The van der Waals surface area contributed by atoms with Crippen molar-refractivity contribution in [2.24, 2.45) is 0 Å². The maximum atomic E-state index is 5.64. The van der Waals surface area contributed by atoms with Gasteiger partial charge in [0.15, 0.2) is 0 Å². The standard InChI is InChI=1S/C15H14ClNO/c16-9-10-18-11-17-14-7-3-1-5-12(14)13-6-2-4-8-15(13)17/h1-8H,9-11H2. The van der Waals surface area contributed by atoms with Crippen molar-refractivity contribution in [3.63, 3.8) is 0 Å². The Kier molecular flexibility index (Phi) is 3.22. The summed E-state index contributed by atoms with van der Waals surface area (Å²) in [6, 6.07) is 16.8. The molecule has 3 rings (SSSR count). The zero-order valence-electron chi connectivity index (χ0n) is 9.97. The van der Waals surface area contributed by atoms with E-state index >= 15 is 0 Å². The highest BCUT2D eigenvalue weighted by Crippen LogP contribution is 2.28. The summed E-state index contributed by atoms with van der Waals surface area (Å²) in [4.78, 5) is 0. The molecule has 0 aliphatic heterocycles. The number of ether oxygens (including phenoxy) is 1. The van der Waals surface area contributed by atoms with Gasteiger partial charge in [0, 0.05) is 16.7 Å². The van der Waals surface area contributed by atoms with E-state index in [4.69, 9.17) is 16.3 Å². The van der Waals surface area contributed by atoms with E-state index in [0.29, 0.717) is 19.2 Å². The minimum atomic E-state index is 0.525. The zero-order chi connectivity index (χ0) is 12.4. The van der Waals surface area contributed by atoms with Crippen molar-refractivity contribution in [2.45, 2.75) is 6.73 Å². The Hall–Kier alpha value is -1.51. The SMILES string of the molecule is ClCCOCn1c2ccccc2c2ccccc21. The molecule has 0 unspecified atom stereocenters. The van der Waals surface area contributed by atoms with Crippen LogP contribution in [0.3, 0.4) is 0 Å². The Morgan fingerprint density at radius 2 is 1.44 bits per heavy atom. The van der Waals surface area contributed by atoms with Gasteiger partial charge in [-0.15, -0.1) is 11.6 Å². The van der Waals surface area contributed by atoms with Gasteiger partial charge in [-0.25, -0.2) is 0 Å². The van der Waals surface area contributed by atoms with Crippen molar-refractivity contribution in [3.8, 4) is 0 Å². The molecule has 0 radical (unpaired) electrons. The highest BCUT2D eigenvalue weighted by atomic mass is 35.5. The summed E-state index contributed by atoms with van der Waals surface area (Å²) in [7, 11) is 0. The molecule has 3 aromatic rings. The molecule has 3 heteroatoms. The molecular formula is C15H14ClNO. The second-order valence-electron chi connectivity index (χ2n) is 4.19. The molecule has 2 nitrogen and oxygen atoms in total. The molecule has 0 atom stereocenters. The quantitative estimate of drug-likeness (QED) is 0.510. The molecular weight excluding hydrogens is 246 g/mol.